The smallest absolute Gasteiger partial charge is 0.0379 e. The Morgan fingerprint density at radius 3 is 2.20 bits per heavy atom. The van der Waals surface area contributed by atoms with Gasteiger partial charge in [-0.2, -0.15) is 0 Å². The molecule has 1 nitrogen and oxygen atoms in total. The molecule has 0 aromatic heterocycles. The van der Waals surface area contributed by atoms with Gasteiger partial charge in [-0.15, -0.1) is 0 Å². The maximum absolute atomic E-state index is 3.56. The van der Waals surface area contributed by atoms with Gasteiger partial charge in [0.1, 0.15) is 0 Å². The molecule has 0 amide bonds. The molecule has 1 saturated carbocycles. The molecule has 1 heteroatoms. The van der Waals surface area contributed by atoms with Crippen LogP contribution in [0.25, 0.3) is 0 Å². The molecule has 0 unspecified atom stereocenters. The summed E-state index contributed by atoms with van der Waals surface area (Å²) in [4.78, 5) is 0. The first-order valence-corrected chi connectivity index (χ1v) is 5.78. The Kier molecular flexibility index (Phi) is 1.38. The first-order chi connectivity index (χ1) is 6.95. The fourth-order valence-corrected chi connectivity index (χ4v) is 3.88. The molecule has 1 fully saturated rings. The first-order valence-electron chi connectivity index (χ1n) is 5.78. The number of benzene rings is 1. The fourth-order valence-electron chi connectivity index (χ4n) is 3.88. The number of rotatable bonds is 0. The summed E-state index contributed by atoms with van der Waals surface area (Å²) < 4.78 is 0. The molecule has 0 bridgehead atoms. The van der Waals surface area contributed by atoms with Crippen LogP contribution in [0.15, 0.2) is 24.3 Å². The highest BCUT2D eigenvalue weighted by Crippen LogP contribution is 2.79. The maximum atomic E-state index is 3.56. The summed E-state index contributed by atoms with van der Waals surface area (Å²) in [5.74, 6) is 0. The number of hydrogen-bond acceptors (Lipinski definition) is 1. The van der Waals surface area contributed by atoms with E-state index >= 15 is 0 Å². The number of anilines is 1. The minimum absolute atomic E-state index is 0.358. The van der Waals surface area contributed by atoms with Crippen molar-refractivity contribution in [1.29, 1.82) is 0 Å². The van der Waals surface area contributed by atoms with Crippen molar-refractivity contribution in [2.45, 2.75) is 33.1 Å². The van der Waals surface area contributed by atoms with Crippen molar-refractivity contribution in [3.63, 3.8) is 0 Å². The molecule has 1 aromatic rings. The van der Waals surface area contributed by atoms with Gasteiger partial charge < -0.3 is 5.32 Å². The average Bonchev–Trinajstić information content (AvgIpc) is 2.55. The van der Waals surface area contributed by atoms with Crippen molar-refractivity contribution in [3.8, 4) is 0 Å². The van der Waals surface area contributed by atoms with Crippen LogP contribution in [0.3, 0.4) is 0 Å². The van der Waals surface area contributed by atoms with Gasteiger partial charge in [-0.05, 0) is 22.5 Å². The molecule has 1 aromatic carbocycles. The van der Waals surface area contributed by atoms with Crippen LogP contribution < -0.4 is 5.32 Å². The van der Waals surface area contributed by atoms with E-state index in [9.17, 15) is 0 Å². The Labute approximate surface area is 91.9 Å². The van der Waals surface area contributed by atoms with E-state index in [4.69, 9.17) is 0 Å². The van der Waals surface area contributed by atoms with Crippen LogP contribution >= 0.6 is 0 Å². The molecule has 0 saturated heterocycles. The Bertz CT molecular complexity index is 415. The van der Waals surface area contributed by atoms with E-state index < -0.39 is 0 Å². The third-order valence-electron chi connectivity index (χ3n) is 5.56. The van der Waals surface area contributed by atoms with E-state index in [0.717, 1.165) is 6.54 Å². The molecule has 1 aliphatic carbocycles. The van der Waals surface area contributed by atoms with Gasteiger partial charge in [0.05, 0.1) is 0 Å². The highest BCUT2D eigenvalue weighted by molar-refractivity contribution is 5.66. The second kappa shape index (κ2) is 2.23. The predicted molar refractivity (Wildman–Crippen MR) is 64.2 cm³/mol. The first kappa shape index (κ1) is 9.26. The molecule has 2 aliphatic rings. The number of para-hydroxylation sites is 1. The predicted octanol–water partition coefficient (Wildman–Crippen LogP) is 3.42. The second-order valence-electron chi connectivity index (χ2n) is 6.05. The van der Waals surface area contributed by atoms with E-state index in [2.05, 4.69) is 57.3 Å². The zero-order valence-corrected chi connectivity index (χ0v) is 10.0. The van der Waals surface area contributed by atoms with Crippen molar-refractivity contribution in [2.75, 3.05) is 11.9 Å². The summed E-state index contributed by atoms with van der Waals surface area (Å²) in [6.07, 6.45) is 0. The second-order valence-corrected chi connectivity index (χ2v) is 6.05. The molecule has 0 radical (unpaired) electrons. The van der Waals surface area contributed by atoms with Crippen LogP contribution in [0.2, 0.25) is 0 Å². The molecule has 3 rings (SSSR count). The topological polar surface area (TPSA) is 12.0 Å². The van der Waals surface area contributed by atoms with Gasteiger partial charge >= 0.3 is 0 Å². The quantitative estimate of drug-likeness (QED) is 0.678. The van der Waals surface area contributed by atoms with Gasteiger partial charge in [-0.3, -0.25) is 0 Å². The van der Waals surface area contributed by atoms with Gasteiger partial charge in [0.2, 0.25) is 0 Å². The van der Waals surface area contributed by atoms with Gasteiger partial charge in [-0.25, -0.2) is 0 Å². The number of hydrogen-bond donors (Lipinski definition) is 1. The van der Waals surface area contributed by atoms with E-state index in [0.29, 0.717) is 16.2 Å². The highest BCUT2D eigenvalue weighted by atomic mass is 15.0. The Balaban J connectivity index is 2.21. The van der Waals surface area contributed by atoms with Crippen molar-refractivity contribution < 1.29 is 0 Å². The summed E-state index contributed by atoms with van der Waals surface area (Å²) in [7, 11) is 0. The summed E-state index contributed by atoms with van der Waals surface area (Å²) in [6.45, 7) is 10.7. The lowest BCUT2D eigenvalue weighted by molar-refractivity contribution is 0.457. The van der Waals surface area contributed by atoms with Gasteiger partial charge in [0.25, 0.3) is 0 Å². The lowest BCUT2D eigenvalue weighted by Gasteiger charge is -2.14. The number of fused-ring (bicyclic) bond motifs is 2. The Morgan fingerprint density at radius 2 is 1.60 bits per heavy atom. The molecule has 1 N–H and O–H groups in total. The molecule has 0 atom stereocenters. The summed E-state index contributed by atoms with van der Waals surface area (Å²) in [6, 6.07) is 8.78. The molecule has 1 aliphatic heterocycles. The van der Waals surface area contributed by atoms with Crippen LogP contribution in [0.4, 0.5) is 5.69 Å². The molecule has 80 valence electrons. The average molecular weight is 201 g/mol. The summed E-state index contributed by atoms with van der Waals surface area (Å²) in [5.41, 5.74) is 4.03. The summed E-state index contributed by atoms with van der Waals surface area (Å²) >= 11 is 0. The Hall–Kier alpha value is -0.980. The van der Waals surface area contributed by atoms with Crippen molar-refractivity contribution in [3.05, 3.63) is 29.8 Å². The third-order valence-corrected chi connectivity index (χ3v) is 5.56. The van der Waals surface area contributed by atoms with E-state index in [-0.39, 0.29) is 0 Å². The van der Waals surface area contributed by atoms with Crippen molar-refractivity contribution in [2.24, 2.45) is 10.8 Å². The highest BCUT2D eigenvalue weighted by Gasteiger charge is 2.78. The van der Waals surface area contributed by atoms with Crippen molar-refractivity contribution >= 4 is 5.69 Å². The van der Waals surface area contributed by atoms with Gasteiger partial charge in [-0.1, -0.05) is 45.9 Å². The lowest BCUT2D eigenvalue weighted by atomic mass is 9.88. The van der Waals surface area contributed by atoms with Gasteiger partial charge in [0.15, 0.2) is 0 Å². The zero-order chi connectivity index (χ0) is 10.9. The third kappa shape index (κ3) is 0.715. The normalized spacial score (nSPS) is 27.2. The lowest BCUT2D eigenvalue weighted by Crippen LogP contribution is -2.18. The zero-order valence-electron chi connectivity index (χ0n) is 10.0. The van der Waals surface area contributed by atoms with Crippen LogP contribution in [0.1, 0.15) is 33.3 Å². The monoisotopic (exact) mass is 201 g/mol. The van der Waals surface area contributed by atoms with Crippen LogP contribution in [0, 0.1) is 10.8 Å². The minimum atomic E-state index is 0.358. The van der Waals surface area contributed by atoms with Crippen molar-refractivity contribution in [1.82, 2.24) is 0 Å². The molecule has 1 heterocycles. The summed E-state index contributed by atoms with van der Waals surface area (Å²) in [5, 5.41) is 3.56. The van der Waals surface area contributed by atoms with Crippen LogP contribution in [-0.2, 0) is 5.41 Å². The van der Waals surface area contributed by atoms with Gasteiger partial charge in [0, 0.05) is 17.6 Å². The van der Waals surface area contributed by atoms with E-state index in [1.807, 2.05) is 0 Å². The largest absolute Gasteiger partial charge is 0.384 e. The van der Waals surface area contributed by atoms with E-state index in [1.54, 1.807) is 0 Å². The number of nitrogens with one attached hydrogen (secondary N) is 1. The van der Waals surface area contributed by atoms with Crippen LogP contribution in [-0.4, -0.2) is 6.54 Å². The SMILES string of the molecule is CC1(C)C(C)(C)C12CNc1ccccc12. The standard InChI is InChI=1S/C14H19N/c1-12(2)13(3,4)14(12)9-15-11-8-6-5-7-10(11)14/h5-8,15H,9H2,1-4H3. The fraction of sp³-hybridized carbons (Fsp3) is 0.571. The maximum Gasteiger partial charge on any atom is 0.0379 e. The molecule has 15 heavy (non-hydrogen) atoms. The molecular weight excluding hydrogens is 182 g/mol. The minimum Gasteiger partial charge on any atom is -0.384 e. The molecular formula is C14H19N. The van der Waals surface area contributed by atoms with Crippen LogP contribution in [0.5, 0.6) is 0 Å². The molecule has 1 spiro atoms. The Morgan fingerprint density at radius 1 is 1.00 bits per heavy atom. The van der Waals surface area contributed by atoms with E-state index in [1.165, 1.54) is 11.3 Å².